The molecule has 1 atom stereocenters. The summed E-state index contributed by atoms with van der Waals surface area (Å²) in [6, 6.07) is 16.1. The lowest BCUT2D eigenvalue weighted by atomic mass is 10.0. The summed E-state index contributed by atoms with van der Waals surface area (Å²) in [5.74, 6) is -1.16. The highest BCUT2D eigenvalue weighted by Gasteiger charge is 2.33. The minimum Gasteiger partial charge on any atom is -0.478 e. The number of pyridine rings is 2. The topological polar surface area (TPSA) is 74.1 Å². The maximum atomic E-state index is 13.8. The van der Waals surface area contributed by atoms with Crippen LogP contribution >= 0.6 is 0 Å². The Bertz CT molecular complexity index is 1570. The lowest BCUT2D eigenvalue weighted by molar-refractivity contribution is -0.137. The van der Waals surface area contributed by atoms with E-state index < -0.39 is 29.3 Å². The second kappa shape index (κ2) is 8.99. The number of nitrogens with zero attached hydrogens (tertiary/aromatic N) is 2. The van der Waals surface area contributed by atoms with Gasteiger partial charge in [0.15, 0.2) is 0 Å². The molecule has 0 aliphatic carbocycles. The van der Waals surface area contributed by atoms with Gasteiger partial charge < -0.3 is 15.3 Å². The SMILES string of the molecule is Cc1c(N2Cc3ccccc3C2)cc2c([C@@H](C)Nc3ccccc3C(=O)O)cc(C(F)(F)F)cn2c1=O. The zero-order chi connectivity index (χ0) is 26.5. The summed E-state index contributed by atoms with van der Waals surface area (Å²) in [6.07, 6.45) is -3.85. The third-order valence-electron chi connectivity index (χ3n) is 6.84. The van der Waals surface area contributed by atoms with Crippen LogP contribution in [0.25, 0.3) is 5.52 Å². The van der Waals surface area contributed by atoms with Crippen molar-refractivity contribution in [3.8, 4) is 0 Å². The molecule has 2 aromatic carbocycles. The number of anilines is 2. The maximum Gasteiger partial charge on any atom is 0.417 e. The third kappa shape index (κ3) is 4.41. The Morgan fingerprint density at radius 3 is 2.27 bits per heavy atom. The summed E-state index contributed by atoms with van der Waals surface area (Å²) < 4.78 is 42.6. The molecule has 1 aliphatic rings. The summed E-state index contributed by atoms with van der Waals surface area (Å²) in [4.78, 5) is 27.1. The van der Waals surface area contributed by atoms with E-state index in [1.807, 2.05) is 29.2 Å². The van der Waals surface area contributed by atoms with Crippen molar-refractivity contribution in [1.82, 2.24) is 4.40 Å². The van der Waals surface area contributed by atoms with Crippen LogP contribution in [0.5, 0.6) is 0 Å². The molecule has 5 rings (SSSR count). The zero-order valence-corrected chi connectivity index (χ0v) is 20.1. The molecule has 0 bridgehead atoms. The summed E-state index contributed by atoms with van der Waals surface area (Å²) >= 11 is 0. The molecule has 37 heavy (non-hydrogen) atoms. The van der Waals surface area contributed by atoms with Crippen molar-refractivity contribution in [2.75, 3.05) is 10.2 Å². The highest BCUT2D eigenvalue weighted by atomic mass is 19.4. The van der Waals surface area contributed by atoms with Crippen molar-refractivity contribution in [1.29, 1.82) is 0 Å². The monoisotopic (exact) mass is 507 g/mol. The van der Waals surface area contributed by atoms with E-state index in [0.29, 0.717) is 29.9 Å². The number of hydrogen-bond donors (Lipinski definition) is 2. The normalized spacial score (nSPS) is 14.0. The predicted molar refractivity (Wildman–Crippen MR) is 135 cm³/mol. The first-order valence-electron chi connectivity index (χ1n) is 11.7. The zero-order valence-electron chi connectivity index (χ0n) is 20.1. The van der Waals surface area contributed by atoms with E-state index in [0.717, 1.165) is 27.8 Å². The van der Waals surface area contributed by atoms with Gasteiger partial charge in [-0.15, -0.1) is 0 Å². The molecule has 6 nitrogen and oxygen atoms in total. The smallest absolute Gasteiger partial charge is 0.417 e. The molecule has 0 fully saturated rings. The molecule has 0 saturated heterocycles. The summed E-state index contributed by atoms with van der Waals surface area (Å²) in [7, 11) is 0. The van der Waals surface area contributed by atoms with E-state index in [2.05, 4.69) is 5.32 Å². The molecule has 2 aromatic heterocycles. The average Bonchev–Trinajstić information content (AvgIpc) is 3.29. The molecular formula is C28H24F3N3O3. The predicted octanol–water partition coefficient (Wildman–Crippen LogP) is 6.02. The highest BCUT2D eigenvalue weighted by molar-refractivity contribution is 5.94. The van der Waals surface area contributed by atoms with E-state index in [1.165, 1.54) is 6.07 Å². The molecule has 0 amide bonds. The molecule has 0 radical (unpaired) electrons. The van der Waals surface area contributed by atoms with Crippen LogP contribution < -0.4 is 15.8 Å². The largest absolute Gasteiger partial charge is 0.478 e. The number of fused-ring (bicyclic) bond motifs is 2. The number of rotatable bonds is 5. The Hall–Kier alpha value is -4.27. The fourth-order valence-corrected chi connectivity index (χ4v) is 4.92. The van der Waals surface area contributed by atoms with E-state index in [9.17, 15) is 27.9 Å². The molecular weight excluding hydrogens is 483 g/mol. The third-order valence-corrected chi connectivity index (χ3v) is 6.84. The van der Waals surface area contributed by atoms with Crippen molar-refractivity contribution in [2.45, 2.75) is 39.2 Å². The van der Waals surface area contributed by atoms with E-state index >= 15 is 0 Å². The molecule has 1 aliphatic heterocycles. The van der Waals surface area contributed by atoms with Gasteiger partial charge in [-0.1, -0.05) is 36.4 Å². The van der Waals surface area contributed by atoms with Crippen molar-refractivity contribution >= 4 is 22.9 Å². The maximum absolute atomic E-state index is 13.8. The van der Waals surface area contributed by atoms with Crippen LogP contribution in [0, 0.1) is 6.92 Å². The van der Waals surface area contributed by atoms with Crippen LogP contribution in [0.15, 0.2) is 71.7 Å². The van der Waals surface area contributed by atoms with Gasteiger partial charge in [0.1, 0.15) is 0 Å². The van der Waals surface area contributed by atoms with Gasteiger partial charge in [0.2, 0.25) is 0 Å². The molecule has 190 valence electrons. The molecule has 9 heteroatoms. The summed E-state index contributed by atoms with van der Waals surface area (Å²) in [5, 5.41) is 12.6. The number of nitrogens with one attached hydrogen (secondary N) is 1. The lowest BCUT2D eigenvalue weighted by Gasteiger charge is -2.24. The number of hydrogen-bond acceptors (Lipinski definition) is 4. The number of carboxylic acids is 1. The first-order valence-corrected chi connectivity index (χ1v) is 11.7. The Labute approximate surface area is 210 Å². The Morgan fingerprint density at radius 1 is 1.03 bits per heavy atom. The second-order valence-electron chi connectivity index (χ2n) is 9.24. The van der Waals surface area contributed by atoms with Gasteiger partial charge in [-0.3, -0.25) is 9.20 Å². The molecule has 0 unspecified atom stereocenters. The number of para-hydroxylation sites is 1. The van der Waals surface area contributed by atoms with E-state index in [1.54, 1.807) is 38.1 Å². The van der Waals surface area contributed by atoms with Gasteiger partial charge in [0, 0.05) is 36.2 Å². The minimum absolute atomic E-state index is 0.00540. The van der Waals surface area contributed by atoms with Crippen molar-refractivity contribution in [3.05, 3.63) is 111 Å². The quantitative estimate of drug-likeness (QED) is 0.346. The number of alkyl halides is 3. The first kappa shape index (κ1) is 24.4. The lowest BCUT2D eigenvalue weighted by Crippen LogP contribution is -2.26. The van der Waals surface area contributed by atoms with Crippen LogP contribution in [-0.4, -0.2) is 15.5 Å². The van der Waals surface area contributed by atoms with Gasteiger partial charge in [-0.05, 0) is 54.8 Å². The van der Waals surface area contributed by atoms with Crippen molar-refractivity contribution in [3.63, 3.8) is 0 Å². The van der Waals surface area contributed by atoms with Gasteiger partial charge in [-0.25, -0.2) is 4.79 Å². The van der Waals surface area contributed by atoms with Crippen LogP contribution in [0.4, 0.5) is 24.5 Å². The van der Waals surface area contributed by atoms with Gasteiger partial charge in [-0.2, -0.15) is 13.2 Å². The van der Waals surface area contributed by atoms with Crippen LogP contribution in [-0.2, 0) is 19.3 Å². The van der Waals surface area contributed by atoms with E-state index in [4.69, 9.17) is 0 Å². The average molecular weight is 508 g/mol. The highest BCUT2D eigenvalue weighted by Crippen LogP contribution is 2.36. The van der Waals surface area contributed by atoms with Crippen LogP contribution in [0.1, 0.15) is 51.1 Å². The Morgan fingerprint density at radius 2 is 1.65 bits per heavy atom. The van der Waals surface area contributed by atoms with Gasteiger partial charge in [0.05, 0.1) is 22.7 Å². The van der Waals surface area contributed by atoms with Crippen LogP contribution in [0.3, 0.4) is 0 Å². The summed E-state index contributed by atoms with van der Waals surface area (Å²) in [5.41, 5.74) is 2.59. The van der Waals surface area contributed by atoms with Gasteiger partial charge >= 0.3 is 12.1 Å². The van der Waals surface area contributed by atoms with Crippen LogP contribution in [0.2, 0.25) is 0 Å². The fourth-order valence-electron chi connectivity index (χ4n) is 4.92. The molecule has 2 N–H and O–H groups in total. The number of carboxylic acid groups (broad SMARTS) is 1. The second-order valence-corrected chi connectivity index (χ2v) is 9.24. The van der Waals surface area contributed by atoms with E-state index in [-0.39, 0.29) is 16.8 Å². The molecule has 4 aromatic rings. The summed E-state index contributed by atoms with van der Waals surface area (Å²) in [6.45, 7) is 4.44. The number of halogens is 3. The van der Waals surface area contributed by atoms with Gasteiger partial charge in [0.25, 0.3) is 5.56 Å². The van der Waals surface area contributed by atoms with Crippen molar-refractivity contribution in [2.24, 2.45) is 0 Å². The van der Waals surface area contributed by atoms with Crippen molar-refractivity contribution < 1.29 is 23.1 Å². The number of carbonyl (C=O) groups is 1. The molecule has 0 spiro atoms. The Kier molecular flexibility index (Phi) is 5.94. The Balaban J connectivity index is 1.67. The number of aromatic nitrogens is 1. The minimum atomic E-state index is -4.68. The fraction of sp³-hybridized carbons (Fsp3) is 0.214. The standard InChI is InChI=1S/C28H24F3N3O3/c1-16-24(33-13-18-7-3-4-8-19(18)14-33)12-25-22(11-20(28(29,30)31)15-34(25)26(16)35)17(2)32-23-10-6-5-9-21(23)27(36)37/h3-12,15,17,32H,13-14H2,1-2H3,(H,36,37)/t17-/m1/s1. The molecule has 3 heterocycles. The number of aromatic carboxylic acids is 1. The number of benzene rings is 2. The molecule has 0 saturated carbocycles. The first-order chi connectivity index (χ1) is 17.5.